The van der Waals surface area contributed by atoms with Gasteiger partial charge in [-0.1, -0.05) is 11.6 Å². The highest BCUT2D eigenvalue weighted by atomic mass is 35.5. The monoisotopic (exact) mass is 416 g/mol. The van der Waals surface area contributed by atoms with Crippen molar-refractivity contribution in [3.05, 3.63) is 28.8 Å². The molecule has 1 heterocycles. The number of hydrogen-bond donors (Lipinski definition) is 1. The first-order valence-electron chi connectivity index (χ1n) is 8.68. The Bertz CT molecular complexity index is 802. The molecule has 1 amide bonds. The first kappa shape index (κ1) is 21.5. The van der Waals surface area contributed by atoms with Crippen LogP contribution < -0.4 is 14.8 Å². The summed E-state index contributed by atoms with van der Waals surface area (Å²) in [6.07, 6.45) is 5.46. The fraction of sp³-hybridized carbons (Fsp3) is 0.500. The molecule has 0 aromatic heterocycles. The van der Waals surface area contributed by atoms with E-state index < -0.39 is 10.0 Å². The van der Waals surface area contributed by atoms with Gasteiger partial charge in [0.2, 0.25) is 15.9 Å². The van der Waals surface area contributed by atoms with Gasteiger partial charge in [-0.2, -0.15) is 0 Å². The van der Waals surface area contributed by atoms with Crippen LogP contribution in [0.5, 0.6) is 11.5 Å². The van der Waals surface area contributed by atoms with Crippen molar-refractivity contribution in [3.63, 3.8) is 0 Å². The molecule has 27 heavy (non-hydrogen) atoms. The average molecular weight is 417 g/mol. The van der Waals surface area contributed by atoms with Crippen LogP contribution in [0.15, 0.2) is 18.2 Å². The summed E-state index contributed by atoms with van der Waals surface area (Å²) in [5.74, 6) is 0.733. The summed E-state index contributed by atoms with van der Waals surface area (Å²) in [5.41, 5.74) is 0.714. The number of carbonyl (C=O) groups excluding carboxylic acids is 1. The molecule has 1 fully saturated rings. The first-order chi connectivity index (χ1) is 12.7. The van der Waals surface area contributed by atoms with E-state index in [0.717, 1.165) is 0 Å². The molecule has 0 radical (unpaired) electrons. The lowest BCUT2D eigenvalue weighted by Crippen LogP contribution is -2.45. The summed E-state index contributed by atoms with van der Waals surface area (Å²) >= 11 is 6.20. The van der Waals surface area contributed by atoms with Crippen molar-refractivity contribution in [1.29, 1.82) is 0 Å². The van der Waals surface area contributed by atoms with Gasteiger partial charge in [-0.15, -0.1) is 0 Å². The molecule has 0 aliphatic carbocycles. The van der Waals surface area contributed by atoms with Gasteiger partial charge in [0.05, 0.1) is 25.0 Å². The number of nitrogens with one attached hydrogen (secondary N) is 1. The third kappa shape index (κ3) is 6.12. The summed E-state index contributed by atoms with van der Waals surface area (Å²) in [4.78, 5) is 12.2. The van der Waals surface area contributed by atoms with E-state index in [1.54, 1.807) is 18.2 Å². The molecular weight excluding hydrogens is 392 g/mol. The number of ether oxygens (including phenoxy) is 2. The molecule has 0 unspecified atom stereocenters. The third-order valence-electron chi connectivity index (χ3n) is 4.23. The van der Waals surface area contributed by atoms with Gasteiger partial charge in [-0.25, -0.2) is 12.7 Å². The SMILES string of the molecule is CCOc1cc(/C=C/C(=O)NC2CCN(S(C)(=O)=O)CC2)cc(Cl)c1OC. The number of nitrogens with zero attached hydrogens (tertiary/aromatic N) is 1. The minimum atomic E-state index is -3.17. The molecule has 1 aliphatic heterocycles. The number of benzene rings is 1. The predicted octanol–water partition coefficient (Wildman–Crippen LogP) is 2.30. The quantitative estimate of drug-likeness (QED) is 0.689. The first-order valence-corrected chi connectivity index (χ1v) is 10.9. The topological polar surface area (TPSA) is 84.9 Å². The lowest BCUT2D eigenvalue weighted by molar-refractivity contribution is -0.117. The van der Waals surface area contributed by atoms with Crippen LogP contribution >= 0.6 is 11.6 Å². The highest BCUT2D eigenvalue weighted by Crippen LogP contribution is 2.36. The summed E-state index contributed by atoms with van der Waals surface area (Å²) in [6.45, 7) is 3.16. The summed E-state index contributed by atoms with van der Waals surface area (Å²) in [7, 11) is -1.66. The average Bonchev–Trinajstić information content (AvgIpc) is 2.60. The van der Waals surface area contributed by atoms with Crippen LogP contribution in [-0.2, 0) is 14.8 Å². The van der Waals surface area contributed by atoms with Gasteiger partial charge in [0.1, 0.15) is 0 Å². The summed E-state index contributed by atoms with van der Waals surface area (Å²) in [6, 6.07) is 3.40. The molecule has 1 aliphatic rings. The van der Waals surface area contributed by atoms with Crippen LogP contribution in [-0.4, -0.2) is 57.7 Å². The summed E-state index contributed by atoms with van der Waals surface area (Å²) < 4.78 is 35.2. The highest BCUT2D eigenvalue weighted by molar-refractivity contribution is 7.88. The molecule has 0 atom stereocenters. The van der Waals surface area contributed by atoms with Crippen LogP contribution in [0.2, 0.25) is 5.02 Å². The van der Waals surface area contributed by atoms with Gasteiger partial charge in [0.25, 0.3) is 0 Å². The minimum Gasteiger partial charge on any atom is -0.491 e. The van der Waals surface area contributed by atoms with Gasteiger partial charge in [0, 0.05) is 25.2 Å². The van der Waals surface area contributed by atoms with E-state index in [9.17, 15) is 13.2 Å². The van der Waals surface area contributed by atoms with Gasteiger partial charge in [-0.3, -0.25) is 4.79 Å². The van der Waals surface area contributed by atoms with Crippen molar-refractivity contribution < 1.29 is 22.7 Å². The van der Waals surface area contributed by atoms with Crippen molar-refractivity contribution in [2.75, 3.05) is 33.1 Å². The molecule has 1 saturated heterocycles. The van der Waals surface area contributed by atoms with E-state index in [1.807, 2.05) is 6.92 Å². The Morgan fingerprint density at radius 3 is 2.59 bits per heavy atom. The number of piperidine rings is 1. The number of methoxy groups -OCH3 is 1. The lowest BCUT2D eigenvalue weighted by Gasteiger charge is -2.30. The van der Waals surface area contributed by atoms with E-state index in [2.05, 4.69) is 5.32 Å². The minimum absolute atomic E-state index is 0.0430. The van der Waals surface area contributed by atoms with Crippen molar-refractivity contribution in [2.45, 2.75) is 25.8 Å². The van der Waals surface area contributed by atoms with Crippen LogP contribution in [0.1, 0.15) is 25.3 Å². The Hall–Kier alpha value is -1.77. The van der Waals surface area contributed by atoms with Crippen molar-refractivity contribution in [2.24, 2.45) is 0 Å². The molecule has 0 bridgehead atoms. The Morgan fingerprint density at radius 2 is 2.04 bits per heavy atom. The Morgan fingerprint density at radius 1 is 1.37 bits per heavy atom. The lowest BCUT2D eigenvalue weighted by atomic mass is 10.1. The van der Waals surface area contributed by atoms with Gasteiger partial charge < -0.3 is 14.8 Å². The van der Waals surface area contributed by atoms with Crippen molar-refractivity contribution in [3.8, 4) is 11.5 Å². The van der Waals surface area contributed by atoms with Crippen molar-refractivity contribution in [1.82, 2.24) is 9.62 Å². The fourth-order valence-electron chi connectivity index (χ4n) is 2.90. The van der Waals surface area contributed by atoms with Crippen LogP contribution in [0.4, 0.5) is 0 Å². The Kier molecular flexibility index (Phi) is 7.52. The third-order valence-corrected chi connectivity index (χ3v) is 5.82. The highest BCUT2D eigenvalue weighted by Gasteiger charge is 2.25. The van der Waals surface area contributed by atoms with Crippen molar-refractivity contribution >= 4 is 33.6 Å². The smallest absolute Gasteiger partial charge is 0.244 e. The molecular formula is C18H25ClN2O5S. The second-order valence-electron chi connectivity index (χ2n) is 6.25. The maximum absolute atomic E-state index is 12.2. The zero-order valence-electron chi connectivity index (χ0n) is 15.7. The zero-order valence-corrected chi connectivity index (χ0v) is 17.3. The van der Waals surface area contributed by atoms with E-state index in [-0.39, 0.29) is 11.9 Å². The normalized spacial score (nSPS) is 16.4. The van der Waals surface area contributed by atoms with Gasteiger partial charge in [0.15, 0.2) is 11.5 Å². The van der Waals surface area contributed by atoms with Crippen LogP contribution in [0.3, 0.4) is 0 Å². The molecule has 1 aromatic rings. The molecule has 1 N–H and O–H groups in total. The van der Waals surface area contributed by atoms with Crippen LogP contribution in [0.25, 0.3) is 6.08 Å². The number of amides is 1. The fourth-order valence-corrected chi connectivity index (χ4v) is 4.07. The van der Waals surface area contributed by atoms with Crippen LogP contribution in [0, 0.1) is 0 Å². The van der Waals surface area contributed by atoms with Gasteiger partial charge >= 0.3 is 0 Å². The molecule has 0 spiro atoms. The molecule has 7 nitrogen and oxygen atoms in total. The predicted molar refractivity (Wildman–Crippen MR) is 106 cm³/mol. The van der Waals surface area contributed by atoms with Gasteiger partial charge in [-0.05, 0) is 43.5 Å². The van der Waals surface area contributed by atoms with E-state index in [1.165, 1.54) is 23.7 Å². The second kappa shape index (κ2) is 9.43. The molecule has 150 valence electrons. The van der Waals surface area contributed by atoms with E-state index in [4.69, 9.17) is 21.1 Å². The maximum atomic E-state index is 12.2. The Labute approximate surface area is 165 Å². The number of carbonyl (C=O) groups is 1. The number of halogens is 1. The molecule has 1 aromatic carbocycles. The summed E-state index contributed by atoms with van der Waals surface area (Å²) in [5, 5.41) is 3.30. The number of hydrogen-bond acceptors (Lipinski definition) is 5. The number of rotatable bonds is 7. The Balaban J connectivity index is 1.97. The molecule has 2 rings (SSSR count). The molecule has 0 saturated carbocycles. The standard InChI is InChI=1S/C18H25ClN2O5S/c1-4-26-16-12-13(11-15(19)18(16)25-2)5-6-17(22)20-14-7-9-21(10-8-14)27(3,23)24/h5-6,11-12,14H,4,7-10H2,1-3H3,(H,20,22)/b6-5+. The van der Waals surface area contributed by atoms with E-state index >= 15 is 0 Å². The molecule has 9 heteroatoms. The zero-order chi connectivity index (χ0) is 20.0. The second-order valence-corrected chi connectivity index (χ2v) is 8.63. The number of sulfonamides is 1. The van der Waals surface area contributed by atoms with E-state index in [0.29, 0.717) is 54.6 Å². The largest absolute Gasteiger partial charge is 0.491 e. The maximum Gasteiger partial charge on any atom is 0.244 e.